The van der Waals surface area contributed by atoms with Gasteiger partial charge in [0.15, 0.2) is 0 Å². The molecular formula is C10H20N2O. The fraction of sp³-hybridized carbons (Fsp3) is 0.900. The molecule has 3 nitrogen and oxygen atoms in total. The van der Waals surface area contributed by atoms with Gasteiger partial charge in [-0.1, -0.05) is 19.8 Å². The van der Waals surface area contributed by atoms with Crippen LogP contribution in [0.3, 0.4) is 0 Å². The summed E-state index contributed by atoms with van der Waals surface area (Å²) in [5, 5.41) is 6.19. The van der Waals surface area contributed by atoms with Gasteiger partial charge in [-0.25, -0.2) is 0 Å². The quantitative estimate of drug-likeness (QED) is 0.641. The molecule has 0 aliphatic carbocycles. The van der Waals surface area contributed by atoms with Crippen LogP contribution in [0.1, 0.15) is 39.0 Å². The standard InChI is InChI=1S/C10H20N2O/c1-2-3-7-12-10(13)9-6-4-5-8-11-9/h9,11H,2-8H2,1H3,(H,12,13). The first-order chi connectivity index (χ1) is 6.34. The van der Waals surface area contributed by atoms with Gasteiger partial charge in [0.2, 0.25) is 5.91 Å². The van der Waals surface area contributed by atoms with E-state index in [1.165, 1.54) is 12.8 Å². The van der Waals surface area contributed by atoms with Gasteiger partial charge in [-0.3, -0.25) is 4.79 Å². The van der Waals surface area contributed by atoms with Crippen molar-refractivity contribution >= 4 is 5.91 Å². The van der Waals surface area contributed by atoms with Crippen molar-refractivity contribution in [1.29, 1.82) is 0 Å². The minimum absolute atomic E-state index is 0.0746. The van der Waals surface area contributed by atoms with E-state index in [2.05, 4.69) is 17.6 Å². The van der Waals surface area contributed by atoms with Crippen molar-refractivity contribution in [3.63, 3.8) is 0 Å². The molecule has 0 bridgehead atoms. The lowest BCUT2D eigenvalue weighted by Gasteiger charge is -2.22. The van der Waals surface area contributed by atoms with E-state index in [4.69, 9.17) is 0 Å². The van der Waals surface area contributed by atoms with Crippen LogP contribution < -0.4 is 10.6 Å². The lowest BCUT2D eigenvalue weighted by Crippen LogP contribution is -2.46. The Morgan fingerprint density at radius 3 is 3.00 bits per heavy atom. The molecule has 0 aromatic rings. The second kappa shape index (κ2) is 5.97. The number of amides is 1. The molecule has 13 heavy (non-hydrogen) atoms. The second-order valence-electron chi connectivity index (χ2n) is 3.65. The van der Waals surface area contributed by atoms with Crippen molar-refractivity contribution in [3.05, 3.63) is 0 Å². The second-order valence-corrected chi connectivity index (χ2v) is 3.65. The Morgan fingerprint density at radius 2 is 2.38 bits per heavy atom. The molecule has 1 rings (SSSR count). The first kappa shape index (κ1) is 10.5. The van der Waals surface area contributed by atoms with Crippen molar-refractivity contribution in [2.75, 3.05) is 13.1 Å². The zero-order valence-corrected chi connectivity index (χ0v) is 8.44. The lowest BCUT2D eigenvalue weighted by molar-refractivity contribution is -0.123. The van der Waals surface area contributed by atoms with Gasteiger partial charge >= 0.3 is 0 Å². The van der Waals surface area contributed by atoms with Gasteiger partial charge in [-0.15, -0.1) is 0 Å². The monoisotopic (exact) mass is 184 g/mol. The molecule has 0 saturated carbocycles. The average molecular weight is 184 g/mol. The Morgan fingerprint density at radius 1 is 1.54 bits per heavy atom. The van der Waals surface area contributed by atoms with E-state index in [0.717, 1.165) is 32.4 Å². The Labute approximate surface area is 80.3 Å². The molecule has 76 valence electrons. The van der Waals surface area contributed by atoms with Crippen LogP contribution >= 0.6 is 0 Å². The summed E-state index contributed by atoms with van der Waals surface area (Å²) in [6.45, 7) is 3.95. The van der Waals surface area contributed by atoms with E-state index < -0.39 is 0 Å². The molecule has 1 heterocycles. The summed E-state index contributed by atoms with van der Waals surface area (Å²) in [6, 6.07) is 0.0746. The number of hydrogen-bond acceptors (Lipinski definition) is 2. The Balaban J connectivity index is 2.13. The summed E-state index contributed by atoms with van der Waals surface area (Å²) in [5.41, 5.74) is 0. The number of hydrogen-bond donors (Lipinski definition) is 2. The SMILES string of the molecule is CCCCNC(=O)C1CCCCN1. The van der Waals surface area contributed by atoms with Gasteiger partial charge in [0.05, 0.1) is 6.04 Å². The molecule has 0 aromatic carbocycles. The smallest absolute Gasteiger partial charge is 0.237 e. The summed E-state index contributed by atoms with van der Waals surface area (Å²) in [6.07, 6.45) is 5.60. The van der Waals surface area contributed by atoms with Crippen molar-refractivity contribution in [3.8, 4) is 0 Å². The molecule has 2 N–H and O–H groups in total. The summed E-state index contributed by atoms with van der Waals surface area (Å²) >= 11 is 0. The van der Waals surface area contributed by atoms with E-state index in [9.17, 15) is 4.79 Å². The van der Waals surface area contributed by atoms with Crippen LogP contribution in [-0.2, 0) is 4.79 Å². The molecule has 1 aliphatic heterocycles. The van der Waals surface area contributed by atoms with Crippen LogP contribution in [0.5, 0.6) is 0 Å². The van der Waals surface area contributed by atoms with Gasteiger partial charge < -0.3 is 10.6 Å². The number of carbonyl (C=O) groups is 1. The van der Waals surface area contributed by atoms with E-state index in [1.54, 1.807) is 0 Å². The topological polar surface area (TPSA) is 41.1 Å². The fourth-order valence-corrected chi connectivity index (χ4v) is 1.59. The zero-order valence-electron chi connectivity index (χ0n) is 8.44. The van der Waals surface area contributed by atoms with Gasteiger partial charge in [0, 0.05) is 6.54 Å². The first-order valence-corrected chi connectivity index (χ1v) is 5.35. The van der Waals surface area contributed by atoms with Gasteiger partial charge in [-0.2, -0.15) is 0 Å². The minimum atomic E-state index is 0.0746. The molecular weight excluding hydrogens is 164 g/mol. The van der Waals surface area contributed by atoms with Gasteiger partial charge in [0.25, 0.3) is 0 Å². The molecule has 0 aromatic heterocycles. The molecule has 1 amide bonds. The molecule has 1 saturated heterocycles. The maximum atomic E-state index is 11.5. The molecule has 1 fully saturated rings. The molecule has 0 radical (unpaired) electrons. The molecule has 1 aliphatic rings. The van der Waals surface area contributed by atoms with Crippen LogP contribution in [-0.4, -0.2) is 25.0 Å². The Kier molecular flexibility index (Phi) is 4.83. The number of piperidine rings is 1. The first-order valence-electron chi connectivity index (χ1n) is 5.35. The Hall–Kier alpha value is -0.570. The van der Waals surface area contributed by atoms with Gasteiger partial charge in [-0.05, 0) is 25.8 Å². The van der Waals surface area contributed by atoms with Crippen molar-refractivity contribution in [1.82, 2.24) is 10.6 Å². The summed E-state index contributed by atoms with van der Waals surface area (Å²) in [7, 11) is 0. The lowest BCUT2D eigenvalue weighted by atomic mass is 10.0. The molecule has 1 unspecified atom stereocenters. The maximum absolute atomic E-state index is 11.5. The van der Waals surface area contributed by atoms with E-state index in [1.807, 2.05) is 0 Å². The fourth-order valence-electron chi connectivity index (χ4n) is 1.59. The number of nitrogens with one attached hydrogen (secondary N) is 2. The maximum Gasteiger partial charge on any atom is 0.237 e. The van der Waals surface area contributed by atoms with Crippen LogP contribution in [0, 0.1) is 0 Å². The molecule has 1 atom stereocenters. The summed E-state index contributed by atoms with van der Waals surface area (Å²) in [4.78, 5) is 11.5. The highest BCUT2D eigenvalue weighted by molar-refractivity contribution is 5.81. The Bertz CT molecular complexity index is 153. The number of unbranched alkanes of at least 4 members (excludes halogenated alkanes) is 1. The predicted octanol–water partition coefficient (Wildman–Crippen LogP) is 1.04. The van der Waals surface area contributed by atoms with Crippen LogP contribution in [0.15, 0.2) is 0 Å². The van der Waals surface area contributed by atoms with Crippen LogP contribution in [0.25, 0.3) is 0 Å². The third-order valence-electron chi connectivity index (χ3n) is 2.46. The summed E-state index contributed by atoms with van der Waals surface area (Å²) in [5.74, 6) is 0.188. The van der Waals surface area contributed by atoms with Crippen molar-refractivity contribution < 1.29 is 4.79 Å². The van der Waals surface area contributed by atoms with E-state index in [0.29, 0.717) is 0 Å². The van der Waals surface area contributed by atoms with E-state index in [-0.39, 0.29) is 11.9 Å². The van der Waals surface area contributed by atoms with Crippen molar-refractivity contribution in [2.45, 2.75) is 45.1 Å². The summed E-state index contributed by atoms with van der Waals surface area (Å²) < 4.78 is 0. The normalized spacial score (nSPS) is 22.7. The minimum Gasteiger partial charge on any atom is -0.355 e. The van der Waals surface area contributed by atoms with Gasteiger partial charge in [0.1, 0.15) is 0 Å². The van der Waals surface area contributed by atoms with E-state index >= 15 is 0 Å². The highest BCUT2D eigenvalue weighted by Crippen LogP contribution is 2.06. The zero-order chi connectivity index (χ0) is 9.52. The highest BCUT2D eigenvalue weighted by atomic mass is 16.2. The highest BCUT2D eigenvalue weighted by Gasteiger charge is 2.19. The largest absolute Gasteiger partial charge is 0.355 e. The predicted molar refractivity (Wildman–Crippen MR) is 53.6 cm³/mol. The number of rotatable bonds is 4. The molecule has 3 heteroatoms. The third kappa shape index (κ3) is 3.77. The third-order valence-corrected chi connectivity index (χ3v) is 2.46. The number of carbonyl (C=O) groups excluding carboxylic acids is 1. The van der Waals surface area contributed by atoms with Crippen LogP contribution in [0.2, 0.25) is 0 Å². The average Bonchev–Trinajstić information content (AvgIpc) is 2.19. The van der Waals surface area contributed by atoms with Crippen LogP contribution in [0.4, 0.5) is 0 Å². The molecule has 0 spiro atoms. The van der Waals surface area contributed by atoms with Crippen molar-refractivity contribution in [2.24, 2.45) is 0 Å².